The van der Waals surface area contributed by atoms with Gasteiger partial charge in [-0.1, -0.05) is 48.0 Å². The molecule has 1 N–H and O–H groups in total. The lowest BCUT2D eigenvalue weighted by molar-refractivity contribution is 0.103. The van der Waals surface area contributed by atoms with Gasteiger partial charge in [-0.15, -0.1) is 0 Å². The quantitative estimate of drug-likeness (QED) is 0.692. The average molecular weight is 255 g/mol. The molecule has 0 saturated heterocycles. The molecule has 0 atom stereocenters. The maximum Gasteiger partial charge on any atom is 0.209 e. The zero-order valence-corrected chi connectivity index (χ0v) is 10.2. The smallest absolute Gasteiger partial charge is 0.209 e. The SMILES string of the molecule is O=C(c1ccccc1)c1[c]c2c(Cl)cccc2[nH]1. The molecule has 3 heteroatoms. The molecule has 0 aliphatic carbocycles. The van der Waals surface area contributed by atoms with Crippen molar-refractivity contribution in [3.05, 3.63) is 70.9 Å². The Hall–Kier alpha value is -2.06. The Morgan fingerprint density at radius 3 is 2.56 bits per heavy atom. The van der Waals surface area contributed by atoms with E-state index >= 15 is 0 Å². The molecule has 0 saturated carbocycles. The number of rotatable bonds is 2. The van der Waals surface area contributed by atoms with Gasteiger partial charge in [-0.05, 0) is 12.1 Å². The van der Waals surface area contributed by atoms with Gasteiger partial charge in [0, 0.05) is 22.5 Å². The fourth-order valence-corrected chi connectivity index (χ4v) is 2.12. The molecule has 3 aromatic rings. The molecule has 18 heavy (non-hydrogen) atoms. The lowest BCUT2D eigenvalue weighted by Gasteiger charge is -1.96. The van der Waals surface area contributed by atoms with Crippen LogP contribution in [-0.2, 0) is 0 Å². The van der Waals surface area contributed by atoms with E-state index < -0.39 is 0 Å². The maximum atomic E-state index is 12.2. The number of aromatic amines is 1. The van der Waals surface area contributed by atoms with E-state index in [0.717, 1.165) is 10.9 Å². The molecule has 3 rings (SSSR count). The van der Waals surface area contributed by atoms with Crippen molar-refractivity contribution in [3.63, 3.8) is 0 Å². The molecule has 1 radical (unpaired) electrons. The molecule has 0 aliphatic heterocycles. The number of halogens is 1. The lowest BCUT2D eigenvalue weighted by atomic mass is 10.1. The molecule has 0 spiro atoms. The predicted molar refractivity (Wildman–Crippen MR) is 72.0 cm³/mol. The first-order valence-electron chi connectivity index (χ1n) is 5.55. The predicted octanol–water partition coefficient (Wildman–Crippen LogP) is 3.85. The molecular weight excluding hydrogens is 246 g/mol. The second-order valence-electron chi connectivity index (χ2n) is 3.98. The van der Waals surface area contributed by atoms with Crippen molar-refractivity contribution in [3.8, 4) is 0 Å². The first kappa shape index (κ1) is 11.1. The fraction of sp³-hybridized carbons (Fsp3) is 0. The summed E-state index contributed by atoms with van der Waals surface area (Å²) in [6.07, 6.45) is 0. The summed E-state index contributed by atoms with van der Waals surface area (Å²) in [4.78, 5) is 15.3. The Morgan fingerprint density at radius 1 is 1.06 bits per heavy atom. The molecule has 2 aromatic carbocycles. The number of ketones is 1. The topological polar surface area (TPSA) is 32.9 Å². The standard InChI is InChI=1S/C15H9ClNO/c16-12-7-4-8-13-11(12)9-14(17-13)15(18)10-5-2-1-3-6-10/h1-8,17H. The first-order valence-corrected chi connectivity index (χ1v) is 5.93. The van der Waals surface area contributed by atoms with Crippen LogP contribution < -0.4 is 0 Å². The molecular formula is C15H9ClNO. The lowest BCUT2D eigenvalue weighted by Crippen LogP contribution is -2.00. The van der Waals surface area contributed by atoms with Crippen molar-refractivity contribution in [2.75, 3.05) is 0 Å². The minimum atomic E-state index is -0.0807. The number of benzene rings is 2. The van der Waals surface area contributed by atoms with Crippen molar-refractivity contribution in [2.24, 2.45) is 0 Å². The first-order chi connectivity index (χ1) is 8.75. The van der Waals surface area contributed by atoms with E-state index in [1.807, 2.05) is 30.3 Å². The third kappa shape index (κ3) is 1.81. The summed E-state index contributed by atoms with van der Waals surface area (Å²) in [5, 5.41) is 1.34. The van der Waals surface area contributed by atoms with Crippen LogP contribution in [0.25, 0.3) is 10.9 Å². The Kier molecular flexibility index (Phi) is 2.65. The highest BCUT2D eigenvalue weighted by molar-refractivity contribution is 6.35. The number of nitrogens with one attached hydrogen (secondary N) is 1. The monoisotopic (exact) mass is 254 g/mol. The molecule has 0 bridgehead atoms. The molecule has 0 aliphatic rings. The van der Waals surface area contributed by atoms with E-state index in [-0.39, 0.29) is 5.78 Å². The van der Waals surface area contributed by atoms with E-state index in [1.54, 1.807) is 18.2 Å². The molecule has 2 nitrogen and oxygen atoms in total. The van der Waals surface area contributed by atoms with E-state index in [1.165, 1.54) is 0 Å². The number of aromatic nitrogens is 1. The van der Waals surface area contributed by atoms with Crippen LogP contribution in [0.15, 0.2) is 48.5 Å². The summed E-state index contributed by atoms with van der Waals surface area (Å²) in [5.41, 5.74) is 1.89. The number of fused-ring (bicyclic) bond motifs is 1. The van der Waals surface area contributed by atoms with Gasteiger partial charge < -0.3 is 4.98 Å². The van der Waals surface area contributed by atoms with Crippen molar-refractivity contribution >= 4 is 28.3 Å². The summed E-state index contributed by atoms with van der Waals surface area (Å²) >= 11 is 6.06. The van der Waals surface area contributed by atoms with Crippen molar-refractivity contribution in [1.29, 1.82) is 0 Å². The highest BCUT2D eigenvalue weighted by Crippen LogP contribution is 2.24. The highest BCUT2D eigenvalue weighted by Gasteiger charge is 2.13. The van der Waals surface area contributed by atoms with Gasteiger partial charge in [0.1, 0.15) is 0 Å². The van der Waals surface area contributed by atoms with Crippen molar-refractivity contribution in [1.82, 2.24) is 4.98 Å². The minimum Gasteiger partial charge on any atom is -0.351 e. The van der Waals surface area contributed by atoms with Crippen LogP contribution >= 0.6 is 11.6 Å². The average Bonchev–Trinajstić information content (AvgIpc) is 2.84. The second kappa shape index (κ2) is 4.31. The minimum absolute atomic E-state index is 0.0807. The van der Waals surface area contributed by atoms with Gasteiger partial charge in [0.2, 0.25) is 5.78 Å². The number of carbonyl (C=O) groups is 1. The zero-order chi connectivity index (χ0) is 12.5. The third-order valence-electron chi connectivity index (χ3n) is 2.79. The molecule has 0 amide bonds. The maximum absolute atomic E-state index is 12.2. The van der Waals surface area contributed by atoms with Crippen LogP contribution in [0.3, 0.4) is 0 Å². The van der Waals surface area contributed by atoms with Crippen molar-refractivity contribution in [2.45, 2.75) is 0 Å². The summed E-state index contributed by atoms with van der Waals surface area (Å²) in [5.74, 6) is -0.0807. The molecule has 0 unspecified atom stereocenters. The Labute approximate surface area is 109 Å². The van der Waals surface area contributed by atoms with E-state index in [9.17, 15) is 4.79 Å². The summed E-state index contributed by atoms with van der Waals surface area (Å²) in [6, 6.07) is 17.6. The number of hydrogen-bond donors (Lipinski definition) is 1. The number of carbonyl (C=O) groups excluding carboxylic acids is 1. The van der Waals surface area contributed by atoms with E-state index in [4.69, 9.17) is 11.6 Å². The van der Waals surface area contributed by atoms with Gasteiger partial charge in [0.05, 0.1) is 10.7 Å². The molecule has 87 valence electrons. The van der Waals surface area contributed by atoms with Gasteiger partial charge in [0.15, 0.2) is 0 Å². The van der Waals surface area contributed by atoms with Gasteiger partial charge in [0.25, 0.3) is 0 Å². The Balaban J connectivity index is 2.10. The molecule has 0 fully saturated rings. The summed E-state index contributed by atoms with van der Waals surface area (Å²) in [7, 11) is 0. The molecule has 1 aromatic heterocycles. The fourth-order valence-electron chi connectivity index (χ4n) is 1.89. The van der Waals surface area contributed by atoms with Crippen molar-refractivity contribution < 1.29 is 4.79 Å². The van der Waals surface area contributed by atoms with E-state index in [0.29, 0.717) is 16.3 Å². The Bertz CT molecular complexity index is 716. The normalized spacial score (nSPS) is 10.7. The van der Waals surface area contributed by atoms with Crippen LogP contribution in [0.5, 0.6) is 0 Å². The van der Waals surface area contributed by atoms with Crippen LogP contribution in [-0.4, -0.2) is 10.8 Å². The van der Waals surface area contributed by atoms with Gasteiger partial charge in [-0.25, -0.2) is 0 Å². The van der Waals surface area contributed by atoms with Gasteiger partial charge in [-0.3, -0.25) is 4.79 Å². The number of H-pyrrole nitrogens is 1. The van der Waals surface area contributed by atoms with Gasteiger partial charge in [-0.2, -0.15) is 0 Å². The van der Waals surface area contributed by atoms with Crippen LogP contribution in [0.1, 0.15) is 16.1 Å². The van der Waals surface area contributed by atoms with Crippen LogP contribution in [0.2, 0.25) is 5.02 Å². The zero-order valence-electron chi connectivity index (χ0n) is 9.41. The second-order valence-corrected chi connectivity index (χ2v) is 4.39. The largest absolute Gasteiger partial charge is 0.351 e. The summed E-state index contributed by atoms with van der Waals surface area (Å²) < 4.78 is 0. The van der Waals surface area contributed by atoms with E-state index in [2.05, 4.69) is 11.1 Å². The third-order valence-corrected chi connectivity index (χ3v) is 3.10. The van der Waals surface area contributed by atoms with Crippen LogP contribution in [0.4, 0.5) is 0 Å². The Morgan fingerprint density at radius 2 is 1.83 bits per heavy atom. The van der Waals surface area contributed by atoms with Crippen LogP contribution in [0, 0.1) is 6.07 Å². The van der Waals surface area contributed by atoms with Gasteiger partial charge >= 0.3 is 0 Å². The number of hydrogen-bond acceptors (Lipinski definition) is 1. The summed E-state index contributed by atoms with van der Waals surface area (Å²) in [6.45, 7) is 0. The highest BCUT2D eigenvalue weighted by atomic mass is 35.5. The molecule has 1 heterocycles.